The van der Waals surface area contributed by atoms with Gasteiger partial charge in [-0.25, -0.2) is 0 Å². The summed E-state index contributed by atoms with van der Waals surface area (Å²) in [6.07, 6.45) is 1.41. The first-order valence-corrected chi connectivity index (χ1v) is 9.81. The molecule has 0 bridgehead atoms. The molecule has 0 fully saturated rings. The predicted octanol–water partition coefficient (Wildman–Crippen LogP) is 2.96. The van der Waals surface area contributed by atoms with Crippen LogP contribution in [0.25, 0.3) is 11.4 Å². The Morgan fingerprint density at radius 2 is 1.82 bits per heavy atom. The second kappa shape index (κ2) is 10.6. The molecule has 0 aliphatic rings. The second-order valence-corrected chi connectivity index (χ2v) is 7.71. The normalized spacial score (nSPS) is 11.1. The number of amides is 1. The molecule has 7 heteroatoms. The van der Waals surface area contributed by atoms with E-state index in [2.05, 4.69) is 48.2 Å². The van der Waals surface area contributed by atoms with Gasteiger partial charge in [-0.1, -0.05) is 27.7 Å². The SMILES string of the molecule is CC(C)CCNC(=O)CCc1nnc(-c2ccc(OCC(C)C)cc2)[nH]c1=O. The highest BCUT2D eigenvalue weighted by molar-refractivity contribution is 5.76. The second-order valence-electron chi connectivity index (χ2n) is 7.71. The van der Waals surface area contributed by atoms with Crippen LogP contribution in [0.3, 0.4) is 0 Å². The molecular formula is C21H30N4O3. The molecule has 1 aromatic heterocycles. The van der Waals surface area contributed by atoms with Crippen LogP contribution >= 0.6 is 0 Å². The van der Waals surface area contributed by atoms with Crippen molar-refractivity contribution in [1.29, 1.82) is 0 Å². The Hall–Kier alpha value is -2.70. The van der Waals surface area contributed by atoms with Crippen molar-refractivity contribution in [3.05, 3.63) is 40.3 Å². The summed E-state index contributed by atoms with van der Waals surface area (Å²) in [5.41, 5.74) is 0.694. The van der Waals surface area contributed by atoms with Crippen LogP contribution in [0.4, 0.5) is 0 Å². The van der Waals surface area contributed by atoms with Crippen LogP contribution in [0.5, 0.6) is 5.75 Å². The molecule has 1 amide bonds. The number of aromatic amines is 1. The minimum Gasteiger partial charge on any atom is -0.493 e. The Balaban J connectivity index is 1.92. The van der Waals surface area contributed by atoms with Gasteiger partial charge in [0.1, 0.15) is 11.4 Å². The van der Waals surface area contributed by atoms with Crippen molar-refractivity contribution >= 4 is 5.91 Å². The number of nitrogens with zero attached hydrogens (tertiary/aromatic N) is 2. The molecule has 0 aliphatic heterocycles. The first-order chi connectivity index (χ1) is 13.3. The summed E-state index contributed by atoms with van der Waals surface area (Å²) in [5, 5.41) is 11.0. The smallest absolute Gasteiger partial charge is 0.273 e. The Kier molecular flexibility index (Phi) is 8.17. The summed E-state index contributed by atoms with van der Waals surface area (Å²) in [6, 6.07) is 7.34. The van der Waals surface area contributed by atoms with E-state index in [0.29, 0.717) is 30.8 Å². The summed E-state index contributed by atoms with van der Waals surface area (Å²) < 4.78 is 5.65. The maximum Gasteiger partial charge on any atom is 0.273 e. The maximum absolute atomic E-state index is 12.3. The quantitative estimate of drug-likeness (QED) is 0.654. The molecule has 0 spiro atoms. The molecule has 2 N–H and O–H groups in total. The lowest BCUT2D eigenvalue weighted by atomic mass is 10.1. The fourth-order valence-electron chi connectivity index (χ4n) is 2.45. The third kappa shape index (κ3) is 7.13. The van der Waals surface area contributed by atoms with Gasteiger partial charge in [0, 0.05) is 24.9 Å². The first-order valence-electron chi connectivity index (χ1n) is 9.81. The van der Waals surface area contributed by atoms with Crippen LogP contribution in [0, 0.1) is 11.8 Å². The van der Waals surface area contributed by atoms with E-state index in [1.165, 1.54) is 0 Å². The van der Waals surface area contributed by atoms with E-state index in [-0.39, 0.29) is 30.0 Å². The molecule has 0 aliphatic carbocycles. The average Bonchev–Trinajstić information content (AvgIpc) is 2.65. The van der Waals surface area contributed by atoms with Crippen molar-refractivity contribution in [3.63, 3.8) is 0 Å². The zero-order chi connectivity index (χ0) is 20.5. The topological polar surface area (TPSA) is 97.0 Å². The lowest BCUT2D eigenvalue weighted by Crippen LogP contribution is -2.27. The highest BCUT2D eigenvalue weighted by atomic mass is 16.5. The van der Waals surface area contributed by atoms with Crippen LogP contribution in [-0.4, -0.2) is 34.2 Å². The van der Waals surface area contributed by atoms with Gasteiger partial charge in [-0.3, -0.25) is 9.59 Å². The average molecular weight is 386 g/mol. The lowest BCUT2D eigenvalue weighted by Gasteiger charge is -2.09. The molecular weight excluding hydrogens is 356 g/mol. The highest BCUT2D eigenvalue weighted by Crippen LogP contribution is 2.18. The third-order valence-corrected chi connectivity index (χ3v) is 4.11. The van der Waals surface area contributed by atoms with E-state index >= 15 is 0 Å². The minimum absolute atomic E-state index is 0.0806. The van der Waals surface area contributed by atoms with Crippen LogP contribution < -0.4 is 15.6 Å². The number of ether oxygens (including phenoxy) is 1. The number of H-pyrrole nitrogens is 1. The standard InChI is InChI=1S/C21H30N4O3/c1-14(2)11-12-22-19(26)10-9-18-21(27)23-20(25-24-18)16-5-7-17(8-6-16)28-13-15(3)4/h5-8,14-15H,9-13H2,1-4H3,(H,22,26)(H,23,25,27). The van der Waals surface area contributed by atoms with E-state index < -0.39 is 0 Å². The number of aryl methyl sites for hydroxylation is 1. The fraction of sp³-hybridized carbons (Fsp3) is 0.524. The molecule has 152 valence electrons. The van der Waals surface area contributed by atoms with Crippen LogP contribution in [0.2, 0.25) is 0 Å². The molecule has 0 unspecified atom stereocenters. The first kappa shape index (κ1) is 21.6. The van der Waals surface area contributed by atoms with Crippen LogP contribution in [-0.2, 0) is 11.2 Å². The number of carbonyl (C=O) groups excluding carboxylic acids is 1. The molecule has 1 aromatic carbocycles. The number of benzene rings is 1. The predicted molar refractivity (Wildman–Crippen MR) is 109 cm³/mol. The minimum atomic E-state index is -0.319. The monoisotopic (exact) mass is 386 g/mol. The largest absolute Gasteiger partial charge is 0.493 e. The molecule has 2 aromatic rings. The summed E-state index contributed by atoms with van der Waals surface area (Å²) >= 11 is 0. The summed E-state index contributed by atoms with van der Waals surface area (Å²) in [4.78, 5) is 26.8. The van der Waals surface area contributed by atoms with Crippen molar-refractivity contribution in [2.75, 3.05) is 13.2 Å². The zero-order valence-corrected chi connectivity index (χ0v) is 17.1. The van der Waals surface area contributed by atoms with E-state index in [0.717, 1.165) is 17.7 Å². The van der Waals surface area contributed by atoms with Crippen molar-refractivity contribution < 1.29 is 9.53 Å². The number of aromatic nitrogens is 3. The number of hydrogen-bond donors (Lipinski definition) is 2. The van der Waals surface area contributed by atoms with Crippen molar-refractivity contribution in [1.82, 2.24) is 20.5 Å². The van der Waals surface area contributed by atoms with E-state index in [9.17, 15) is 9.59 Å². The van der Waals surface area contributed by atoms with Gasteiger partial charge in [0.05, 0.1) is 6.61 Å². The highest BCUT2D eigenvalue weighted by Gasteiger charge is 2.10. The maximum atomic E-state index is 12.3. The lowest BCUT2D eigenvalue weighted by molar-refractivity contribution is -0.121. The van der Waals surface area contributed by atoms with E-state index in [4.69, 9.17) is 4.74 Å². The van der Waals surface area contributed by atoms with Gasteiger partial charge in [-0.15, -0.1) is 10.2 Å². The number of hydrogen-bond acceptors (Lipinski definition) is 5. The molecule has 0 saturated heterocycles. The van der Waals surface area contributed by atoms with Gasteiger partial charge in [0.25, 0.3) is 5.56 Å². The Bertz CT molecular complexity index is 813. The Labute approximate surface area is 165 Å². The van der Waals surface area contributed by atoms with Gasteiger partial charge in [-0.05, 0) is 42.5 Å². The van der Waals surface area contributed by atoms with Gasteiger partial charge >= 0.3 is 0 Å². The summed E-state index contributed by atoms with van der Waals surface area (Å²) in [7, 11) is 0. The molecule has 1 heterocycles. The van der Waals surface area contributed by atoms with Gasteiger partial charge in [-0.2, -0.15) is 0 Å². The molecule has 2 rings (SSSR count). The van der Waals surface area contributed by atoms with Crippen molar-refractivity contribution in [2.45, 2.75) is 47.0 Å². The molecule has 0 saturated carbocycles. The number of nitrogens with one attached hydrogen (secondary N) is 2. The van der Waals surface area contributed by atoms with E-state index in [1.54, 1.807) is 0 Å². The Morgan fingerprint density at radius 1 is 1.11 bits per heavy atom. The third-order valence-electron chi connectivity index (χ3n) is 4.11. The van der Waals surface area contributed by atoms with Crippen LogP contribution in [0.1, 0.15) is 46.2 Å². The van der Waals surface area contributed by atoms with Crippen molar-refractivity contribution in [3.8, 4) is 17.1 Å². The zero-order valence-electron chi connectivity index (χ0n) is 17.1. The molecule has 7 nitrogen and oxygen atoms in total. The van der Waals surface area contributed by atoms with Crippen molar-refractivity contribution in [2.24, 2.45) is 11.8 Å². The van der Waals surface area contributed by atoms with Gasteiger partial charge in [0.2, 0.25) is 5.91 Å². The van der Waals surface area contributed by atoms with E-state index in [1.807, 2.05) is 24.3 Å². The fourth-order valence-corrected chi connectivity index (χ4v) is 2.45. The number of rotatable bonds is 10. The number of carbonyl (C=O) groups is 1. The van der Waals surface area contributed by atoms with Gasteiger partial charge < -0.3 is 15.0 Å². The van der Waals surface area contributed by atoms with Crippen LogP contribution in [0.15, 0.2) is 29.1 Å². The Morgan fingerprint density at radius 3 is 2.43 bits per heavy atom. The molecule has 0 atom stereocenters. The summed E-state index contributed by atoms with van der Waals surface area (Å²) in [6.45, 7) is 9.69. The summed E-state index contributed by atoms with van der Waals surface area (Å²) in [5.74, 6) is 2.07. The van der Waals surface area contributed by atoms with Gasteiger partial charge in [0.15, 0.2) is 5.82 Å². The molecule has 28 heavy (non-hydrogen) atoms. The molecule has 0 radical (unpaired) electrons.